The molecule has 0 saturated carbocycles. The summed E-state index contributed by atoms with van der Waals surface area (Å²) in [4.78, 5) is 5.52. The minimum Gasteiger partial charge on any atom is -0.310 e. The molecule has 17 aromatic carbocycles. The molecule has 2 aliphatic heterocycles. The van der Waals surface area contributed by atoms with Gasteiger partial charge in [0, 0.05) is 77.9 Å². The fraction of sp³-hybridized carbons (Fsp3) is 0.121. The molecule has 0 atom stereocenters. The maximum atomic E-state index is 2.76. The fourth-order valence-corrected chi connectivity index (χ4v) is 19.7. The number of fused-ring (bicyclic) bond motifs is 10. The Labute approximate surface area is 711 Å². The highest BCUT2D eigenvalue weighted by molar-refractivity contribution is 7.00. The lowest BCUT2D eigenvalue weighted by molar-refractivity contribution is 0.411. The van der Waals surface area contributed by atoms with E-state index in [2.05, 4.69) is 469 Å². The minimum atomic E-state index is -0.370. The van der Waals surface area contributed by atoms with E-state index in [0.29, 0.717) is 0 Å². The van der Waals surface area contributed by atoms with Gasteiger partial charge in [-0.1, -0.05) is 341 Å². The average molecular weight is 1560 g/mol. The number of rotatable bonds is 14. The summed E-state index contributed by atoms with van der Waals surface area (Å²) in [5.41, 5.74) is 39.4. The second-order valence-electron chi connectivity index (χ2n) is 36.8. The Balaban J connectivity index is 0.917. The summed E-state index contributed by atoms with van der Waals surface area (Å²) in [6.07, 6.45) is 1.76. The molecular weight excluding hydrogens is 1460 g/mol. The highest BCUT2D eigenvalue weighted by Gasteiger charge is 2.47. The first-order valence-corrected chi connectivity index (χ1v) is 42.9. The van der Waals surface area contributed by atoms with Crippen LogP contribution in [0.15, 0.2) is 388 Å². The lowest BCUT2D eigenvalue weighted by atomic mass is 9.33. The molecule has 582 valence electrons. The summed E-state index contributed by atoms with van der Waals surface area (Å²) in [5.74, 6) is 0. The zero-order valence-electron chi connectivity index (χ0n) is 70.2. The molecule has 0 spiro atoms. The van der Waals surface area contributed by atoms with Crippen molar-refractivity contribution in [1.82, 2.24) is 9.13 Å². The molecule has 0 amide bonds. The summed E-state index contributed by atoms with van der Waals surface area (Å²) in [7, 11) is 0. The van der Waals surface area contributed by atoms with Gasteiger partial charge < -0.3 is 18.9 Å². The summed E-state index contributed by atoms with van der Waals surface area (Å²) in [6.45, 7) is 21.2. The zero-order valence-corrected chi connectivity index (χ0v) is 70.2. The van der Waals surface area contributed by atoms with E-state index in [4.69, 9.17) is 0 Å². The van der Waals surface area contributed by atoms with Gasteiger partial charge in [-0.25, -0.2) is 0 Å². The Hall–Kier alpha value is -14.0. The van der Waals surface area contributed by atoms with E-state index >= 15 is 0 Å². The topological polar surface area (TPSA) is 16.3 Å². The van der Waals surface area contributed by atoms with Gasteiger partial charge in [-0.15, -0.1) is 0 Å². The van der Waals surface area contributed by atoms with E-state index in [1.807, 2.05) is 0 Å². The molecule has 0 bridgehead atoms. The smallest absolute Gasteiger partial charge is 0.252 e. The van der Waals surface area contributed by atoms with E-state index in [1.165, 1.54) is 121 Å². The van der Waals surface area contributed by atoms with Gasteiger partial charge in [0.2, 0.25) is 0 Å². The first kappa shape index (κ1) is 74.5. The molecular formula is C116H95BN4. The van der Waals surface area contributed by atoms with Crippen molar-refractivity contribution in [3.63, 3.8) is 0 Å². The monoisotopic (exact) mass is 1550 g/mol. The Morgan fingerprint density at radius 1 is 0.231 bits per heavy atom. The third kappa shape index (κ3) is 13.4. The standard InChI is InChI=1S/C116H95BN4/c1-114(2,3)74-76-62-93(82-42-26-14-27-43-82)112(94(63-76)83-44-28-15-29-45-83)120-107-72-91(118-103-58-50-86(78-34-18-10-19-35-78)66-97(103)98-67-87(51-59-104(98)118)79-36-20-11-21-37-79)54-56-101(107)117-102-57-55-92(119-105-60-52-88(80-38-22-12-23-39-80)68-99(105)100-69-89(53-61-106(100)119)81-40-24-13-25-41-81)73-108(102)121(110-71-90(116(7,8)9)70-109(120)111(110)117)113-95(84-46-30-16-31-47-84)64-77(75-115(4,5)6)65-96(113)85-48-32-17-33-49-85/h10-73H,74-75H2,1-9H3. The van der Waals surface area contributed by atoms with Crippen LogP contribution in [0.1, 0.15) is 79.0 Å². The van der Waals surface area contributed by atoms with Crippen LogP contribution in [-0.4, -0.2) is 15.8 Å². The first-order valence-electron chi connectivity index (χ1n) is 42.9. The molecule has 2 aliphatic rings. The second-order valence-corrected chi connectivity index (χ2v) is 36.8. The largest absolute Gasteiger partial charge is 0.310 e. The minimum absolute atomic E-state index is 0.0202. The van der Waals surface area contributed by atoms with Crippen molar-refractivity contribution in [3.8, 4) is 100 Å². The summed E-state index contributed by atoms with van der Waals surface area (Å²) in [5, 5.41) is 4.80. The molecule has 0 aliphatic carbocycles. The van der Waals surface area contributed by atoms with Crippen molar-refractivity contribution < 1.29 is 0 Å². The summed E-state index contributed by atoms with van der Waals surface area (Å²) >= 11 is 0. The highest BCUT2D eigenvalue weighted by atomic mass is 15.2. The Bertz CT molecular complexity index is 6470. The van der Waals surface area contributed by atoms with Crippen LogP contribution >= 0.6 is 0 Å². The normalized spacial score (nSPS) is 12.7. The van der Waals surface area contributed by atoms with E-state index in [9.17, 15) is 0 Å². The van der Waals surface area contributed by atoms with Gasteiger partial charge in [0.05, 0.1) is 33.4 Å². The van der Waals surface area contributed by atoms with Crippen molar-refractivity contribution in [2.75, 3.05) is 9.80 Å². The number of hydrogen-bond acceptors (Lipinski definition) is 2. The lowest BCUT2D eigenvalue weighted by Gasteiger charge is -2.46. The Kier molecular flexibility index (Phi) is 18.2. The second kappa shape index (κ2) is 29.5. The molecule has 0 fully saturated rings. The van der Waals surface area contributed by atoms with Gasteiger partial charge in [-0.3, -0.25) is 0 Å². The van der Waals surface area contributed by atoms with E-state index in [0.717, 1.165) is 103 Å². The van der Waals surface area contributed by atoms with E-state index < -0.39 is 0 Å². The van der Waals surface area contributed by atoms with E-state index in [-0.39, 0.29) is 23.0 Å². The van der Waals surface area contributed by atoms with Crippen molar-refractivity contribution in [1.29, 1.82) is 0 Å². The molecule has 5 heteroatoms. The van der Waals surface area contributed by atoms with Crippen LogP contribution in [-0.2, 0) is 18.3 Å². The predicted molar refractivity (Wildman–Crippen MR) is 518 cm³/mol. The molecule has 0 unspecified atom stereocenters. The van der Waals surface area contributed by atoms with Crippen molar-refractivity contribution >= 4 is 101 Å². The maximum absolute atomic E-state index is 2.76. The van der Waals surface area contributed by atoms with Crippen LogP contribution in [0.5, 0.6) is 0 Å². The predicted octanol–water partition coefficient (Wildman–Crippen LogP) is 29.8. The zero-order chi connectivity index (χ0) is 82.0. The van der Waals surface area contributed by atoms with E-state index in [1.54, 1.807) is 0 Å². The van der Waals surface area contributed by atoms with Gasteiger partial charge in [-0.05, 0) is 238 Å². The molecule has 0 saturated heterocycles. The number of hydrogen-bond donors (Lipinski definition) is 0. The van der Waals surface area contributed by atoms with Gasteiger partial charge in [0.1, 0.15) is 0 Å². The number of benzene rings is 17. The fourth-order valence-electron chi connectivity index (χ4n) is 19.7. The molecule has 4 heterocycles. The number of nitrogens with zero attached hydrogens (tertiary/aromatic N) is 4. The van der Waals surface area contributed by atoms with Crippen LogP contribution in [0.3, 0.4) is 0 Å². The summed E-state index contributed by atoms with van der Waals surface area (Å²) in [6, 6.07) is 148. The summed E-state index contributed by atoms with van der Waals surface area (Å²) < 4.78 is 5.11. The average Bonchev–Trinajstić information content (AvgIpc) is 1.46. The number of aromatic nitrogens is 2. The Morgan fingerprint density at radius 2 is 0.488 bits per heavy atom. The number of anilines is 6. The molecule has 2 aromatic heterocycles. The van der Waals surface area contributed by atoms with Crippen LogP contribution < -0.4 is 26.2 Å². The molecule has 4 nitrogen and oxygen atoms in total. The van der Waals surface area contributed by atoms with Crippen LogP contribution in [0.2, 0.25) is 0 Å². The lowest BCUT2D eigenvalue weighted by Crippen LogP contribution is -2.61. The van der Waals surface area contributed by atoms with Gasteiger partial charge in [0.15, 0.2) is 0 Å². The van der Waals surface area contributed by atoms with Crippen molar-refractivity contribution in [2.45, 2.75) is 80.6 Å². The maximum Gasteiger partial charge on any atom is 0.252 e. The molecule has 19 aromatic rings. The Morgan fingerprint density at radius 3 is 0.736 bits per heavy atom. The van der Waals surface area contributed by atoms with Crippen LogP contribution in [0.4, 0.5) is 34.1 Å². The molecule has 121 heavy (non-hydrogen) atoms. The quantitative estimate of drug-likeness (QED) is 0.101. The van der Waals surface area contributed by atoms with Crippen molar-refractivity contribution in [3.05, 3.63) is 405 Å². The third-order valence-electron chi connectivity index (χ3n) is 25.0. The molecule has 0 N–H and O–H groups in total. The highest BCUT2D eigenvalue weighted by Crippen LogP contribution is 2.56. The third-order valence-corrected chi connectivity index (χ3v) is 25.0. The van der Waals surface area contributed by atoms with Crippen molar-refractivity contribution in [2.24, 2.45) is 10.8 Å². The first-order chi connectivity index (χ1) is 58.9. The van der Waals surface area contributed by atoms with Gasteiger partial charge >= 0.3 is 0 Å². The SMILES string of the molecule is CC(C)(C)Cc1cc(-c2ccccc2)c(N2c3cc(-n4c5ccc(-c6ccccc6)cc5c5cc(-c6ccccc6)ccc54)ccc3B3c4ccc(-n5c6ccc(-c7ccccc7)cc6c6cc(-c7ccccc7)ccc65)cc4N(c4c(-c5ccccc5)cc(CC(C)(C)C)cc4-c4ccccc4)c4cc(C(C)(C)C)cc2c43)c(-c2ccccc2)c1. The van der Waals surface area contributed by atoms with Gasteiger partial charge in [0.25, 0.3) is 6.71 Å². The van der Waals surface area contributed by atoms with Gasteiger partial charge in [-0.2, -0.15) is 0 Å². The molecule has 21 rings (SSSR count). The molecule has 0 radical (unpaired) electrons. The van der Waals surface area contributed by atoms with Crippen LogP contribution in [0.25, 0.3) is 144 Å². The van der Waals surface area contributed by atoms with Crippen LogP contribution in [0, 0.1) is 10.8 Å².